The van der Waals surface area contributed by atoms with Gasteiger partial charge in [-0.05, 0) is 57.4 Å². The van der Waals surface area contributed by atoms with Gasteiger partial charge in [0.1, 0.15) is 0 Å². The van der Waals surface area contributed by atoms with Gasteiger partial charge in [0.2, 0.25) is 10.0 Å². The molecule has 1 aliphatic heterocycles. The fraction of sp³-hybridized carbons (Fsp3) is 0.381. The Balaban J connectivity index is 1.93. The third kappa shape index (κ3) is 4.22. The smallest absolute Gasteiger partial charge is 0.274 e. The summed E-state index contributed by atoms with van der Waals surface area (Å²) in [6.07, 6.45) is 2.62. The highest BCUT2D eigenvalue weighted by atomic mass is 32.2. The molecule has 1 unspecified atom stereocenters. The third-order valence-electron chi connectivity index (χ3n) is 5.55. The molecule has 0 aromatic heterocycles. The Bertz CT molecular complexity index is 1100. The van der Waals surface area contributed by atoms with Crippen LogP contribution in [0.5, 0.6) is 0 Å². The van der Waals surface area contributed by atoms with Gasteiger partial charge in [0.25, 0.3) is 11.6 Å². The van der Waals surface area contributed by atoms with E-state index in [0.29, 0.717) is 23.4 Å². The molecule has 3 rings (SSSR count). The number of hydrogen-bond donors (Lipinski definition) is 1. The molecular weight excluding hydrogens is 406 g/mol. The molecule has 1 N–H and O–H groups in total. The number of benzene rings is 2. The predicted molar refractivity (Wildman–Crippen MR) is 114 cm³/mol. The normalized spacial score (nSPS) is 17.5. The number of amides is 1. The first-order valence-electron chi connectivity index (χ1n) is 9.80. The van der Waals surface area contributed by atoms with E-state index in [-0.39, 0.29) is 22.2 Å². The minimum absolute atomic E-state index is 0.0720. The van der Waals surface area contributed by atoms with Crippen molar-refractivity contribution in [2.45, 2.75) is 51.0 Å². The Labute approximate surface area is 176 Å². The van der Waals surface area contributed by atoms with Crippen molar-refractivity contribution in [3.63, 3.8) is 0 Å². The van der Waals surface area contributed by atoms with Crippen molar-refractivity contribution in [2.24, 2.45) is 0 Å². The number of nitrogens with zero attached hydrogens (tertiary/aromatic N) is 2. The number of hydrogen-bond acceptors (Lipinski definition) is 5. The Morgan fingerprint density at radius 2 is 1.93 bits per heavy atom. The molecule has 0 spiro atoms. The molecular formula is C21H25N3O5S. The number of sulfonamides is 1. The van der Waals surface area contributed by atoms with Crippen LogP contribution in [0.15, 0.2) is 41.3 Å². The molecule has 30 heavy (non-hydrogen) atoms. The predicted octanol–water partition coefficient (Wildman–Crippen LogP) is 4.03. The molecule has 0 saturated carbocycles. The van der Waals surface area contributed by atoms with Crippen molar-refractivity contribution in [2.75, 3.05) is 11.9 Å². The van der Waals surface area contributed by atoms with Gasteiger partial charge in [-0.3, -0.25) is 14.9 Å². The molecule has 1 fully saturated rings. The monoisotopic (exact) mass is 431 g/mol. The number of piperidine rings is 1. The Hall–Kier alpha value is -2.78. The van der Waals surface area contributed by atoms with Crippen LogP contribution in [-0.2, 0) is 10.0 Å². The maximum atomic E-state index is 13.1. The standard InChI is InChI=1S/C21H25N3O5S/c1-14-10-11-17(30(28,29)23-12-5-4-7-15(23)2)13-18(14)21(25)22-19-8-6-9-20(16(19)3)24(26)27/h6,8-11,13,15H,4-5,7,12H2,1-3H3,(H,22,25). The minimum atomic E-state index is -3.72. The zero-order valence-electron chi connectivity index (χ0n) is 17.2. The van der Waals surface area contributed by atoms with E-state index in [9.17, 15) is 23.3 Å². The average molecular weight is 432 g/mol. The number of carbonyl (C=O) groups excluding carboxylic acids is 1. The van der Waals surface area contributed by atoms with Crippen molar-refractivity contribution in [1.29, 1.82) is 0 Å². The van der Waals surface area contributed by atoms with E-state index in [1.807, 2.05) is 6.92 Å². The molecule has 8 nitrogen and oxygen atoms in total. The van der Waals surface area contributed by atoms with Crippen LogP contribution in [0.3, 0.4) is 0 Å². The molecule has 1 aliphatic rings. The third-order valence-corrected chi connectivity index (χ3v) is 7.56. The highest BCUT2D eigenvalue weighted by Gasteiger charge is 2.31. The quantitative estimate of drug-likeness (QED) is 0.568. The maximum Gasteiger partial charge on any atom is 0.274 e. The first-order chi connectivity index (χ1) is 14.1. The number of carbonyl (C=O) groups is 1. The number of anilines is 1. The van der Waals surface area contributed by atoms with Crippen molar-refractivity contribution in [1.82, 2.24) is 4.31 Å². The molecule has 0 radical (unpaired) electrons. The lowest BCUT2D eigenvalue weighted by molar-refractivity contribution is -0.385. The lowest BCUT2D eigenvalue weighted by Crippen LogP contribution is -2.42. The van der Waals surface area contributed by atoms with E-state index in [2.05, 4.69) is 5.32 Å². The van der Waals surface area contributed by atoms with E-state index in [1.165, 1.54) is 28.6 Å². The van der Waals surface area contributed by atoms with Gasteiger partial charge in [0, 0.05) is 24.2 Å². The number of nitro benzene ring substituents is 1. The zero-order valence-corrected chi connectivity index (χ0v) is 18.0. The molecule has 0 aliphatic carbocycles. The Kier molecular flexibility index (Phi) is 6.23. The molecule has 2 aromatic carbocycles. The fourth-order valence-electron chi connectivity index (χ4n) is 3.72. The molecule has 9 heteroatoms. The van der Waals surface area contributed by atoms with Gasteiger partial charge >= 0.3 is 0 Å². The van der Waals surface area contributed by atoms with Crippen molar-refractivity contribution in [3.8, 4) is 0 Å². The maximum absolute atomic E-state index is 13.1. The van der Waals surface area contributed by atoms with Crippen molar-refractivity contribution >= 4 is 27.3 Å². The highest BCUT2D eigenvalue weighted by Crippen LogP contribution is 2.28. The second-order valence-corrected chi connectivity index (χ2v) is 9.49. The first-order valence-corrected chi connectivity index (χ1v) is 11.2. The highest BCUT2D eigenvalue weighted by molar-refractivity contribution is 7.89. The Morgan fingerprint density at radius 1 is 1.20 bits per heavy atom. The van der Waals surface area contributed by atoms with Crippen LogP contribution in [0.4, 0.5) is 11.4 Å². The second-order valence-electron chi connectivity index (χ2n) is 7.60. The summed E-state index contributed by atoms with van der Waals surface area (Å²) in [4.78, 5) is 23.6. The van der Waals surface area contributed by atoms with Gasteiger partial charge in [-0.1, -0.05) is 18.6 Å². The van der Waals surface area contributed by atoms with E-state index in [0.717, 1.165) is 19.3 Å². The molecule has 1 saturated heterocycles. The van der Waals surface area contributed by atoms with Crippen LogP contribution in [0.25, 0.3) is 0 Å². The van der Waals surface area contributed by atoms with Gasteiger partial charge in [0.05, 0.1) is 21.1 Å². The molecule has 1 heterocycles. The summed E-state index contributed by atoms with van der Waals surface area (Å²) in [5, 5.41) is 13.8. The van der Waals surface area contributed by atoms with Gasteiger partial charge in [0.15, 0.2) is 0 Å². The average Bonchev–Trinajstić information content (AvgIpc) is 2.69. The molecule has 2 aromatic rings. The van der Waals surface area contributed by atoms with Crippen molar-refractivity contribution < 1.29 is 18.1 Å². The summed E-state index contributed by atoms with van der Waals surface area (Å²) in [7, 11) is -3.72. The SMILES string of the molecule is Cc1ccc(S(=O)(=O)N2CCCCC2C)cc1C(=O)Nc1cccc([N+](=O)[O-])c1C. The van der Waals surface area contributed by atoms with E-state index < -0.39 is 20.9 Å². The molecule has 1 atom stereocenters. The summed E-state index contributed by atoms with van der Waals surface area (Å²) in [6, 6.07) is 8.85. The fourth-order valence-corrected chi connectivity index (χ4v) is 5.44. The van der Waals surface area contributed by atoms with Crippen LogP contribution >= 0.6 is 0 Å². The summed E-state index contributed by atoms with van der Waals surface area (Å²) < 4.78 is 27.8. The minimum Gasteiger partial charge on any atom is -0.321 e. The number of nitro groups is 1. The van der Waals surface area contributed by atoms with Crippen LogP contribution in [0.1, 0.15) is 47.7 Å². The lowest BCUT2D eigenvalue weighted by atomic mass is 10.1. The van der Waals surface area contributed by atoms with Gasteiger partial charge < -0.3 is 5.32 Å². The summed E-state index contributed by atoms with van der Waals surface area (Å²) in [6.45, 7) is 5.63. The summed E-state index contributed by atoms with van der Waals surface area (Å²) in [5.41, 5.74) is 1.37. The molecule has 0 bridgehead atoms. The molecule has 1 amide bonds. The number of rotatable bonds is 5. The zero-order chi connectivity index (χ0) is 22.1. The summed E-state index contributed by atoms with van der Waals surface area (Å²) in [5.74, 6) is -0.514. The van der Waals surface area contributed by atoms with E-state index in [4.69, 9.17) is 0 Å². The van der Waals surface area contributed by atoms with E-state index in [1.54, 1.807) is 26.0 Å². The van der Waals surface area contributed by atoms with Crippen LogP contribution in [0, 0.1) is 24.0 Å². The molecule has 160 valence electrons. The first kappa shape index (κ1) is 21.9. The van der Waals surface area contributed by atoms with Crippen molar-refractivity contribution in [3.05, 3.63) is 63.2 Å². The topological polar surface area (TPSA) is 110 Å². The van der Waals surface area contributed by atoms with Gasteiger partial charge in [-0.15, -0.1) is 0 Å². The largest absolute Gasteiger partial charge is 0.321 e. The van der Waals surface area contributed by atoms with E-state index >= 15 is 0 Å². The number of nitrogens with one attached hydrogen (secondary N) is 1. The summed E-state index contributed by atoms with van der Waals surface area (Å²) >= 11 is 0. The van der Waals surface area contributed by atoms with Gasteiger partial charge in [-0.2, -0.15) is 4.31 Å². The van der Waals surface area contributed by atoms with Crippen LogP contribution in [-0.4, -0.2) is 36.1 Å². The Morgan fingerprint density at radius 3 is 2.60 bits per heavy atom. The van der Waals surface area contributed by atoms with Crippen LogP contribution in [0.2, 0.25) is 0 Å². The lowest BCUT2D eigenvalue weighted by Gasteiger charge is -2.32. The van der Waals surface area contributed by atoms with Crippen LogP contribution < -0.4 is 5.32 Å². The van der Waals surface area contributed by atoms with Gasteiger partial charge in [-0.25, -0.2) is 8.42 Å². The second kappa shape index (κ2) is 8.53. The number of aryl methyl sites for hydroxylation is 1.